The molecular formula is C15H21ClN2O2. The summed E-state index contributed by atoms with van der Waals surface area (Å²) in [6.07, 6.45) is 0. The van der Waals surface area contributed by atoms with Gasteiger partial charge in [-0.05, 0) is 38.1 Å². The smallest absolute Gasteiger partial charge is 0.260 e. The molecule has 0 atom stereocenters. The molecule has 1 aliphatic rings. The highest BCUT2D eigenvalue weighted by atomic mass is 35.5. The number of hydrogen-bond donors (Lipinski definition) is 0. The molecule has 1 amide bonds. The van der Waals surface area contributed by atoms with Gasteiger partial charge < -0.3 is 9.64 Å². The van der Waals surface area contributed by atoms with E-state index in [0.29, 0.717) is 16.8 Å². The van der Waals surface area contributed by atoms with Crippen LogP contribution in [0.3, 0.4) is 0 Å². The van der Waals surface area contributed by atoms with Crippen LogP contribution >= 0.6 is 11.6 Å². The molecule has 4 nitrogen and oxygen atoms in total. The van der Waals surface area contributed by atoms with Crippen LogP contribution in [0.2, 0.25) is 5.02 Å². The van der Waals surface area contributed by atoms with Crippen LogP contribution in [0.1, 0.15) is 13.8 Å². The Morgan fingerprint density at radius 2 is 1.80 bits per heavy atom. The minimum Gasteiger partial charge on any atom is -0.484 e. The first-order valence-corrected chi connectivity index (χ1v) is 7.34. The Hall–Kier alpha value is -1.26. The van der Waals surface area contributed by atoms with Crippen molar-refractivity contribution in [3.63, 3.8) is 0 Å². The number of ether oxygens (including phenoxy) is 1. The molecule has 0 aliphatic carbocycles. The average molecular weight is 297 g/mol. The topological polar surface area (TPSA) is 32.8 Å². The summed E-state index contributed by atoms with van der Waals surface area (Å²) in [7, 11) is 0. The molecule has 1 heterocycles. The molecule has 1 aromatic carbocycles. The third-order valence-corrected chi connectivity index (χ3v) is 3.83. The largest absolute Gasteiger partial charge is 0.484 e. The number of carbonyl (C=O) groups excluding carboxylic acids is 1. The van der Waals surface area contributed by atoms with E-state index in [2.05, 4.69) is 18.7 Å². The van der Waals surface area contributed by atoms with Crippen LogP contribution < -0.4 is 4.74 Å². The summed E-state index contributed by atoms with van der Waals surface area (Å²) in [5.74, 6) is 0.715. The Kier molecular flexibility index (Phi) is 5.26. The van der Waals surface area contributed by atoms with Gasteiger partial charge in [0.1, 0.15) is 5.75 Å². The summed E-state index contributed by atoms with van der Waals surface area (Å²) in [4.78, 5) is 16.3. The summed E-state index contributed by atoms with van der Waals surface area (Å²) in [5.41, 5.74) is 0. The van der Waals surface area contributed by atoms with Crippen molar-refractivity contribution in [1.82, 2.24) is 9.80 Å². The van der Waals surface area contributed by atoms with Crippen LogP contribution in [0.25, 0.3) is 0 Å². The van der Waals surface area contributed by atoms with Crippen LogP contribution in [-0.4, -0.2) is 54.5 Å². The normalized spacial score (nSPS) is 16.5. The summed E-state index contributed by atoms with van der Waals surface area (Å²) in [6.45, 7) is 7.88. The molecule has 1 aromatic rings. The van der Waals surface area contributed by atoms with E-state index in [9.17, 15) is 4.79 Å². The fourth-order valence-corrected chi connectivity index (χ4v) is 2.38. The molecule has 1 fully saturated rings. The van der Waals surface area contributed by atoms with E-state index in [-0.39, 0.29) is 12.5 Å². The molecule has 1 aliphatic heterocycles. The number of amides is 1. The maximum atomic E-state index is 12.1. The van der Waals surface area contributed by atoms with Crippen LogP contribution in [0.15, 0.2) is 24.3 Å². The molecule has 0 radical (unpaired) electrons. The van der Waals surface area contributed by atoms with Crippen LogP contribution in [0.5, 0.6) is 5.75 Å². The van der Waals surface area contributed by atoms with Crippen LogP contribution in [0.4, 0.5) is 0 Å². The van der Waals surface area contributed by atoms with Crippen molar-refractivity contribution < 1.29 is 9.53 Å². The van der Waals surface area contributed by atoms with E-state index in [1.165, 1.54) is 0 Å². The predicted octanol–water partition coefficient (Wildman–Crippen LogP) is 2.27. The quantitative estimate of drug-likeness (QED) is 0.854. The van der Waals surface area contributed by atoms with Gasteiger partial charge in [-0.15, -0.1) is 0 Å². The van der Waals surface area contributed by atoms with E-state index in [1.54, 1.807) is 24.3 Å². The van der Waals surface area contributed by atoms with E-state index in [0.717, 1.165) is 26.2 Å². The number of benzene rings is 1. The van der Waals surface area contributed by atoms with Crippen molar-refractivity contribution in [2.45, 2.75) is 19.9 Å². The predicted molar refractivity (Wildman–Crippen MR) is 80.2 cm³/mol. The molecule has 0 spiro atoms. The number of rotatable bonds is 4. The monoisotopic (exact) mass is 296 g/mol. The summed E-state index contributed by atoms with van der Waals surface area (Å²) < 4.78 is 5.49. The van der Waals surface area contributed by atoms with E-state index >= 15 is 0 Å². The maximum absolute atomic E-state index is 12.1. The Morgan fingerprint density at radius 1 is 1.20 bits per heavy atom. The summed E-state index contributed by atoms with van der Waals surface area (Å²) >= 11 is 5.80. The molecular weight excluding hydrogens is 276 g/mol. The maximum Gasteiger partial charge on any atom is 0.260 e. The molecule has 1 saturated heterocycles. The molecule has 0 saturated carbocycles. The first kappa shape index (κ1) is 15.1. The molecule has 0 unspecified atom stereocenters. The van der Waals surface area contributed by atoms with Gasteiger partial charge in [0.15, 0.2) is 6.61 Å². The Labute approximate surface area is 125 Å². The SMILES string of the molecule is CC(C)N1CCN(C(=O)COc2ccc(Cl)cc2)CC1. The van der Waals surface area contributed by atoms with Gasteiger partial charge in [-0.1, -0.05) is 11.6 Å². The fourth-order valence-electron chi connectivity index (χ4n) is 2.25. The van der Waals surface area contributed by atoms with Gasteiger partial charge in [0.25, 0.3) is 5.91 Å². The highest BCUT2D eigenvalue weighted by Gasteiger charge is 2.22. The first-order valence-electron chi connectivity index (χ1n) is 6.96. The van der Waals surface area contributed by atoms with Crippen LogP contribution in [0, 0.1) is 0 Å². The lowest BCUT2D eigenvalue weighted by Crippen LogP contribution is -2.51. The van der Waals surface area contributed by atoms with Crippen molar-refractivity contribution in [2.24, 2.45) is 0 Å². The zero-order chi connectivity index (χ0) is 14.5. The second kappa shape index (κ2) is 6.95. The van der Waals surface area contributed by atoms with Gasteiger partial charge in [0.2, 0.25) is 0 Å². The zero-order valence-corrected chi connectivity index (χ0v) is 12.8. The van der Waals surface area contributed by atoms with Gasteiger partial charge in [-0.25, -0.2) is 0 Å². The molecule has 5 heteroatoms. The van der Waals surface area contributed by atoms with E-state index < -0.39 is 0 Å². The summed E-state index contributed by atoms with van der Waals surface area (Å²) in [6, 6.07) is 7.59. The molecule has 2 rings (SSSR count). The third-order valence-electron chi connectivity index (χ3n) is 3.57. The van der Waals surface area contributed by atoms with Gasteiger partial charge in [-0.2, -0.15) is 0 Å². The van der Waals surface area contributed by atoms with Gasteiger partial charge in [-0.3, -0.25) is 9.69 Å². The van der Waals surface area contributed by atoms with Crippen molar-refractivity contribution in [1.29, 1.82) is 0 Å². The zero-order valence-electron chi connectivity index (χ0n) is 12.0. The lowest BCUT2D eigenvalue weighted by molar-refractivity contribution is -0.135. The van der Waals surface area contributed by atoms with Gasteiger partial charge in [0.05, 0.1) is 0 Å². The second-order valence-corrected chi connectivity index (χ2v) is 5.69. The Balaban J connectivity index is 1.77. The van der Waals surface area contributed by atoms with Crippen molar-refractivity contribution in [3.05, 3.63) is 29.3 Å². The number of piperazine rings is 1. The number of halogens is 1. The van der Waals surface area contributed by atoms with Crippen LogP contribution in [-0.2, 0) is 4.79 Å². The molecule has 20 heavy (non-hydrogen) atoms. The van der Waals surface area contributed by atoms with Crippen molar-refractivity contribution in [3.8, 4) is 5.75 Å². The highest BCUT2D eigenvalue weighted by Crippen LogP contribution is 2.15. The fraction of sp³-hybridized carbons (Fsp3) is 0.533. The van der Waals surface area contributed by atoms with Crippen molar-refractivity contribution in [2.75, 3.05) is 32.8 Å². The summed E-state index contributed by atoms with van der Waals surface area (Å²) in [5, 5.41) is 0.661. The average Bonchev–Trinajstić information content (AvgIpc) is 2.46. The molecule has 110 valence electrons. The number of nitrogens with zero attached hydrogens (tertiary/aromatic N) is 2. The Morgan fingerprint density at radius 3 is 2.35 bits per heavy atom. The lowest BCUT2D eigenvalue weighted by Gasteiger charge is -2.36. The van der Waals surface area contributed by atoms with E-state index in [1.807, 2.05) is 4.90 Å². The second-order valence-electron chi connectivity index (χ2n) is 5.25. The standard InChI is InChI=1S/C15H21ClN2O2/c1-12(2)17-7-9-18(10-8-17)15(19)11-20-14-5-3-13(16)4-6-14/h3-6,12H,7-11H2,1-2H3. The molecule has 0 aromatic heterocycles. The minimum absolute atomic E-state index is 0.0448. The highest BCUT2D eigenvalue weighted by molar-refractivity contribution is 6.30. The van der Waals surface area contributed by atoms with E-state index in [4.69, 9.17) is 16.3 Å². The number of hydrogen-bond acceptors (Lipinski definition) is 3. The van der Waals surface area contributed by atoms with Gasteiger partial charge in [0, 0.05) is 37.2 Å². The lowest BCUT2D eigenvalue weighted by atomic mass is 10.2. The van der Waals surface area contributed by atoms with Crippen molar-refractivity contribution >= 4 is 17.5 Å². The molecule has 0 bridgehead atoms. The minimum atomic E-state index is 0.0448. The Bertz CT molecular complexity index is 440. The van der Waals surface area contributed by atoms with Gasteiger partial charge >= 0.3 is 0 Å². The first-order chi connectivity index (χ1) is 9.56. The molecule has 0 N–H and O–H groups in total. The third kappa shape index (κ3) is 4.12. The number of carbonyl (C=O) groups is 1.